The lowest BCUT2D eigenvalue weighted by Gasteiger charge is -2.11. The number of benzene rings is 3. The molecule has 0 saturated heterocycles. The highest BCUT2D eigenvalue weighted by Gasteiger charge is 2.16. The summed E-state index contributed by atoms with van der Waals surface area (Å²) < 4.78 is 32.8. The summed E-state index contributed by atoms with van der Waals surface area (Å²) in [4.78, 5) is 12.5. The van der Waals surface area contributed by atoms with Gasteiger partial charge in [-0.2, -0.15) is 0 Å². The van der Waals surface area contributed by atoms with Gasteiger partial charge in [0.25, 0.3) is 15.9 Å². The number of anilines is 2. The fourth-order valence-corrected chi connectivity index (χ4v) is 4.01. The third-order valence-electron chi connectivity index (χ3n) is 4.23. The van der Waals surface area contributed by atoms with Crippen LogP contribution in [0, 0.1) is 6.92 Å². The number of rotatable bonds is 6. The molecule has 0 spiro atoms. The first-order chi connectivity index (χ1) is 13.8. The first-order valence-corrected chi connectivity index (χ1v) is 10.5. The Morgan fingerprint density at radius 3 is 2.31 bits per heavy atom. The van der Waals surface area contributed by atoms with Crippen molar-refractivity contribution in [2.24, 2.45) is 0 Å². The smallest absolute Gasteiger partial charge is 0.261 e. The average Bonchev–Trinajstić information content (AvgIpc) is 2.70. The molecule has 3 aromatic carbocycles. The molecule has 0 unspecified atom stereocenters. The Balaban J connectivity index is 1.74. The van der Waals surface area contributed by atoms with Gasteiger partial charge in [-0.25, -0.2) is 8.42 Å². The number of sulfonamides is 1. The number of ether oxygens (including phenoxy) is 1. The fraction of sp³-hybridized carbons (Fsp3) is 0.0952. The number of amides is 1. The number of carbonyl (C=O) groups excluding carboxylic acids is 1. The Hall–Kier alpha value is -3.03. The molecule has 0 aromatic heterocycles. The van der Waals surface area contributed by atoms with Crippen molar-refractivity contribution < 1.29 is 17.9 Å². The molecule has 29 heavy (non-hydrogen) atoms. The van der Waals surface area contributed by atoms with Crippen LogP contribution in [0.1, 0.15) is 15.9 Å². The van der Waals surface area contributed by atoms with Crippen LogP contribution < -0.4 is 14.8 Å². The minimum atomic E-state index is -3.76. The fourth-order valence-electron chi connectivity index (χ4n) is 2.62. The lowest BCUT2D eigenvalue weighted by Crippen LogP contribution is -2.15. The first kappa shape index (κ1) is 20.7. The number of para-hydroxylation sites is 1. The molecule has 6 nitrogen and oxygen atoms in total. The van der Waals surface area contributed by atoms with Crippen LogP contribution in [-0.2, 0) is 10.0 Å². The van der Waals surface area contributed by atoms with E-state index in [0.29, 0.717) is 27.7 Å². The summed E-state index contributed by atoms with van der Waals surface area (Å²) in [5.41, 5.74) is 2.13. The molecule has 0 fully saturated rings. The predicted molar refractivity (Wildman–Crippen MR) is 114 cm³/mol. The SMILES string of the molecule is COc1ccc(NC(=O)c2ccc(S(=O)(=O)Nc3ccccc3C)cc2)cc1Cl. The van der Waals surface area contributed by atoms with Crippen LogP contribution in [-0.4, -0.2) is 21.4 Å². The zero-order valence-corrected chi connectivity index (χ0v) is 17.3. The van der Waals surface area contributed by atoms with Crippen LogP contribution in [0.25, 0.3) is 0 Å². The molecule has 0 heterocycles. The second-order valence-corrected chi connectivity index (χ2v) is 8.34. The normalized spacial score (nSPS) is 11.0. The molecule has 3 aromatic rings. The summed E-state index contributed by atoms with van der Waals surface area (Å²) in [5.74, 6) is 0.113. The third-order valence-corrected chi connectivity index (χ3v) is 5.90. The molecular weight excluding hydrogens is 412 g/mol. The monoisotopic (exact) mass is 430 g/mol. The summed E-state index contributed by atoms with van der Waals surface area (Å²) in [6, 6.07) is 17.6. The Morgan fingerprint density at radius 2 is 1.69 bits per heavy atom. The average molecular weight is 431 g/mol. The summed E-state index contributed by atoms with van der Waals surface area (Å²) in [6.45, 7) is 1.82. The van der Waals surface area contributed by atoms with E-state index < -0.39 is 10.0 Å². The van der Waals surface area contributed by atoms with E-state index in [1.165, 1.54) is 31.4 Å². The molecule has 3 rings (SSSR count). The van der Waals surface area contributed by atoms with Gasteiger partial charge in [0.15, 0.2) is 0 Å². The number of hydrogen-bond donors (Lipinski definition) is 2. The van der Waals surface area contributed by atoms with Crippen molar-refractivity contribution >= 4 is 38.9 Å². The van der Waals surface area contributed by atoms with Gasteiger partial charge in [-0.05, 0) is 61.0 Å². The van der Waals surface area contributed by atoms with Crippen LogP contribution >= 0.6 is 11.6 Å². The topological polar surface area (TPSA) is 84.5 Å². The molecule has 0 aliphatic carbocycles. The van der Waals surface area contributed by atoms with Gasteiger partial charge in [0.2, 0.25) is 0 Å². The number of carbonyl (C=O) groups is 1. The van der Waals surface area contributed by atoms with Gasteiger partial charge < -0.3 is 10.1 Å². The number of aryl methyl sites for hydroxylation is 1. The third kappa shape index (κ3) is 4.88. The van der Waals surface area contributed by atoms with Gasteiger partial charge in [0.05, 0.1) is 22.7 Å². The van der Waals surface area contributed by atoms with Crippen LogP contribution in [0.5, 0.6) is 5.75 Å². The van der Waals surface area contributed by atoms with Gasteiger partial charge in [-0.3, -0.25) is 9.52 Å². The largest absolute Gasteiger partial charge is 0.495 e. The van der Waals surface area contributed by atoms with E-state index in [2.05, 4.69) is 10.0 Å². The van der Waals surface area contributed by atoms with Crippen LogP contribution in [0.4, 0.5) is 11.4 Å². The van der Waals surface area contributed by atoms with Crippen molar-refractivity contribution in [3.05, 3.63) is 82.9 Å². The zero-order valence-electron chi connectivity index (χ0n) is 15.8. The minimum absolute atomic E-state index is 0.0600. The summed E-state index contributed by atoms with van der Waals surface area (Å²) in [7, 11) is -2.26. The predicted octanol–water partition coefficient (Wildman–Crippen LogP) is 4.71. The van der Waals surface area contributed by atoms with Gasteiger partial charge in [-0.1, -0.05) is 29.8 Å². The second kappa shape index (κ2) is 8.55. The molecule has 0 aliphatic heterocycles. The second-order valence-electron chi connectivity index (χ2n) is 6.25. The van der Waals surface area contributed by atoms with Crippen LogP contribution in [0.2, 0.25) is 5.02 Å². The van der Waals surface area contributed by atoms with Crippen LogP contribution in [0.15, 0.2) is 71.6 Å². The van der Waals surface area contributed by atoms with Crippen molar-refractivity contribution in [2.45, 2.75) is 11.8 Å². The standard InChI is InChI=1S/C21H19ClN2O4S/c1-14-5-3-4-6-19(14)24-29(26,27)17-10-7-15(8-11-17)21(25)23-16-9-12-20(28-2)18(22)13-16/h3-13,24H,1-2H3,(H,23,25). The zero-order chi connectivity index (χ0) is 21.0. The maximum atomic E-state index is 12.6. The molecule has 150 valence electrons. The molecule has 2 N–H and O–H groups in total. The summed E-state index contributed by atoms with van der Waals surface area (Å²) in [6.07, 6.45) is 0. The van der Waals surface area contributed by atoms with Gasteiger partial charge in [-0.15, -0.1) is 0 Å². The van der Waals surface area contributed by atoms with Crippen molar-refractivity contribution in [3.63, 3.8) is 0 Å². The van der Waals surface area contributed by atoms with E-state index in [0.717, 1.165) is 5.56 Å². The number of hydrogen-bond acceptors (Lipinski definition) is 4. The first-order valence-electron chi connectivity index (χ1n) is 8.63. The van der Waals surface area contributed by atoms with E-state index in [1.807, 2.05) is 19.1 Å². The highest BCUT2D eigenvalue weighted by molar-refractivity contribution is 7.92. The van der Waals surface area contributed by atoms with E-state index in [-0.39, 0.29) is 10.8 Å². The molecule has 0 saturated carbocycles. The summed E-state index contributed by atoms with van der Waals surface area (Å²) >= 11 is 6.06. The number of nitrogens with one attached hydrogen (secondary N) is 2. The van der Waals surface area contributed by atoms with E-state index >= 15 is 0 Å². The van der Waals surface area contributed by atoms with Gasteiger partial charge in [0.1, 0.15) is 5.75 Å². The maximum absolute atomic E-state index is 12.6. The molecule has 0 radical (unpaired) electrons. The molecule has 0 atom stereocenters. The van der Waals surface area contributed by atoms with Crippen molar-refractivity contribution in [3.8, 4) is 5.75 Å². The Labute approximate surface area is 174 Å². The molecule has 8 heteroatoms. The lowest BCUT2D eigenvalue weighted by molar-refractivity contribution is 0.102. The Kier molecular flexibility index (Phi) is 6.10. The Bertz CT molecular complexity index is 1150. The van der Waals surface area contributed by atoms with E-state index in [4.69, 9.17) is 16.3 Å². The lowest BCUT2D eigenvalue weighted by atomic mass is 10.2. The Morgan fingerprint density at radius 1 is 1.00 bits per heavy atom. The molecule has 1 amide bonds. The quantitative estimate of drug-likeness (QED) is 0.593. The van der Waals surface area contributed by atoms with Gasteiger partial charge in [0, 0.05) is 11.3 Å². The number of halogens is 1. The van der Waals surface area contributed by atoms with Crippen LogP contribution in [0.3, 0.4) is 0 Å². The number of methoxy groups -OCH3 is 1. The molecule has 0 bridgehead atoms. The van der Waals surface area contributed by atoms with Crippen molar-refractivity contribution in [1.29, 1.82) is 0 Å². The highest BCUT2D eigenvalue weighted by atomic mass is 35.5. The highest BCUT2D eigenvalue weighted by Crippen LogP contribution is 2.27. The van der Waals surface area contributed by atoms with Gasteiger partial charge >= 0.3 is 0 Å². The maximum Gasteiger partial charge on any atom is 0.261 e. The van der Waals surface area contributed by atoms with Crippen molar-refractivity contribution in [2.75, 3.05) is 17.1 Å². The van der Waals surface area contributed by atoms with Crippen molar-refractivity contribution in [1.82, 2.24) is 0 Å². The summed E-state index contributed by atoms with van der Waals surface area (Å²) in [5, 5.41) is 3.08. The van der Waals surface area contributed by atoms with E-state index in [1.54, 1.807) is 30.3 Å². The molecular formula is C21H19ClN2O4S. The van der Waals surface area contributed by atoms with E-state index in [9.17, 15) is 13.2 Å². The molecule has 0 aliphatic rings. The minimum Gasteiger partial charge on any atom is -0.495 e.